The first-order valence-electron chi connectivity index (χ1n) is 5.12. The van der Waals surface area contributed by atoms with Crippen LogP contribution < -0.4 is 0 Å². The first kappa shape index (κ1) is 13.0. The number of carboxylic acids is 1. The lowest BCUT2D eigenvalue weighted by molar-refractivity contribution is -0.139. The van der Waals surface area contributed by atoms with E-state index in [2.05, 4.69) is 0 Å². The molecule has 1 aromatic rings. The molecule has 0 aliphatic heterocycles. The van der Waals surface area contributed by atoms with Gasteiger partial charge in [0.2, 0.25) is 0 Å². The number of halogens is 1. The van der Waals surface area contributed by atoms with Gasteiger partial charge in [-0.3, -0.25) is 4.79 Å². The van der Waals surface area contributed by atoms with Crippen LogP contribution in [0.25, 0.3) is 0 Å². The Balaban J connectivity index is 2.69. The molecule has 88 valence electrons. The zero-order chi connectivity index (χ0) is 12.0. The Kier molecular flexibility index (Phi) is 5.29. The van der Waals surface area contributed by atoms with Crippen molar-refractivity contribution in [3.8, 4) is 0 Å². The zero-order valence-corrected chi connectivity index (χ0v) is 9.91. The van der Waals surface area contributed by atoms with E-state index in [0.717, 1.165) is 12.0 Å². The molecule has 0 bridgehead atoms. The lowest BCUT2D eigenvalue weighted by atomic mass is 9.94. The number of benzene rings is 1. The van der Waals surface area contributed by atoms with Crippen molar-refractivity contribution in [1.29, 1.82) is 0 Å². The molecule has 0 amide bonds. The predicted molar refractivity (Wildman–Crippen MR) is 62.9 cm³/mol. The van der Waals surface area contributed by atoms with Crippen LogP contribution in [-0.4, -0.2) is 24.8 Å². The summed E-state index contributed by atoms with van der Waals surface area (Å²) in [7, 11) is 1.61. The fraction of sp³-hybridized carbons (Fsp3) is 0.417. The Morgan fingerprint density at radius 3 is 2.56 bits per heavy atom. The van der Waals surface area contributed by atoms with Gasteiger partial charge in [0.25, 0.3) is 0 Å². The second-order valence-electron chi connectivity index (χ2n) is 3.58. The Morgan fingerprint density at radius 2 is 2.06 bits per heavy atom. The quantitative estimate of drug-likeness (QED) is 0.781. The van der Waals surface area contributed by atoms with Gasteiger partial charge in [0, 0.05) is 18.7 Å². The fourth-order valence-electron chi connectivity index (χ4n) is 1.56. The van der Waals surface area contributed by atoms with E-state index in [0.29, 0.717) is 18.1 Å². The van der Waals surface area contributed by atoms with E-state index in [4.69, 9.17) is 21.4 Å². The molecule has 0 aliphatic carbocycles. The molecule has 1 atom stereocenters. The summed E-state index contributed by atoms with van der Waals surface area (Å²) in [6.45, 7) is 0.581. The first-order chi connectivity index (χ1) is 7.65. The highest BCUT2D eigenvalue weighted by Crippen LogP contribution is 2.23. The van der Waals surface area contributed by atoms with Gasteiger partial charge in [-0.05, 0) is 30.5 Å². The van der Waals surface area contributed by atoms with Gasteiger partial charge in [0.1, 0.15) is 0 Å². The third-order valence-electron chi connectivity index (χ3n) is 2.41. The van der Waals surface area contributed by atoms with E-state index in [1.807, 2.05) is 0 Å². The molecule has 0 radical (unpaired) electrons. The van der Waals surface area contributed by atoms with Crippen LogP contribution in [0.1, 0.15) is 24.3 Å². The third-order valence-corrected chi connectivity index (χ3v) is 2.66. The highest BCUT2D eigenvalue weighted by Gasteiger charge is 2.18. The Hall–Kier alpha value is -1.06. The number of aliphatic carboxylic acids is 1. The number of carboxylic acid groups (broad SMARTS) is 1. The van der Waals surface area contributed by atoms with Crippen LogP contribution in [0.15, 0.2) is 24.3 Å². The van der Waals surface area contributed by atoms with Crippen LogP contribution in [0.3, 0.4) is 0 Å². The molecule has 1 unspecified atom stereocenters. The minimum atomic E-state index is -0.807. The summed E-state index contributed by atoms with van der Waals surface area (Å²) in [5, 5.41) is 9.74. The van der Waals surface area contributed by atoms with E-state index < -0.39 is 11.9 Å². The lowest BCUT2D eigenvalue weighted by Crippen LogP contribution is -2.12. The van der Waals surface area contributed by atoms with Gasteiger partial charge < -0.3 is 9.84 Å². The van der Waals surface area contributed by atoms with Crippen molar-refractivity contribution < 1.29 is 14.6 Å². The van der Waals surface area contributed by atoms with Gasteiger partial charge in [-0.25, -0.2) is 0 Å². The fourth-order valence-corrected chi connectivity index (χ4v) is 1.69. The molecular weight excluding hydrogens is 228 g/mol. The van der Waals surface area contributed by atoms with E-state index >= 15 is 0 Å². The number of carbonyl (C=O) groups is 1. The minimum Gasteiger partial charge on any atom is -0.481 e. The number of ether oxygens (including phenoxy) is 1. The molecule has 0 heterocycles. The van der Waals surface area contributed by atoms with Gasteiger partial charge in [0.15, 0.2) is 0 Å². The van der Waals surface area contributed by atoms with Crippen LogP contribution in [-0.2, 0) is 9.53 Å². The highest BCUT2D eigenvalue weighted by atomic mass is 35.5. The summed E-state index contributed by atoms with van der Waals surface area (Å²) in [5.41, 5.74) is 0.785. The van der Waals surface area contributed by atoms with Crippen LogP contribution >= 0.6 is 11.6 Å². The maximum atomic E-state index is 11.1. The number of hydrogen-bond donors (Lipinski definition) is 1. The van der Waals surface area contributed by atoms with Gasteiger partial charge >= 0.3 is 5.97 Å². The van der Waals surface area contributed by atoms with Crippen molar-refractivity contribution in [3.63, 3.8) is 0 Å². The topological polar surface area (TPSA) is 46.5 Å². The van der Waals surface area contributed by atoms with E-state index in [-0.39, 0.29) is 0 Å². The molecule has 1 rings (SSSR count). The van der Waals surface area contributed by atoms with Crippen molar-refractivity contribution in [2.45, 2.75) is 18.8 Å². The minimum absolute atomic E-state index is 0.479. The van der Waals surface area contributed by atoms with Crippen molar-refractivity contribution in [3.05, 3.63) is 34.9 Å². The van der Waals surface area contributed by atoms with Gasteiger partial charge in [-0.1, -0.05) is 23.7 Å². The van der Waals surface area contributed by atoms with Crippen LogP contribution in [0.5, 0.6) is 0 Å². The summed E-state index contributed by atoms with van der Waals surface area (Å²) < 4.78 is 4.91. The third kappa shape index (κ3) is 3.83. The van der Waals surface area contributed by atoms with E-state index in [1.54, 1.807) is 31.4 Å². The molecule has 0 saturated carbocycles. The molecule has 4 heteroatoms. The second-order valence-corrected chi connectivity index (χ2v) is 4.01. The summed E-state index contributed by atoms with van der Waals surface area (Å²) in [6.07, 6.45) is 1.31. The average molecular weight is 243 g/mol. The van der Waals surface area contributed by atoms with Crippen molar-refractivity contribution in [1.82, 2.24) is 0 Å². The van der Waals surface area contributed by atoms with Crippen molar-refractivity contribution in [2.24, 2.45) is 0 Å². The Labute approximate surface area is 100.0 Å². The normalized spacial score (nSPS) is 12.4. The molecule has 1 aromatic carbocycles. The average Bonchev–Trinajstić information content (AvgIpc) is 2.26. The summed E-state index contributed by atoms with van der Waals surface area (Å²) in [6, 6.07) is 6.94. The number of rotatable bonds is 6. The van der Waals surface area contributed by atoms with E-state index in [1.165, 1.54) is 0 Å². The second kappa shape index (κ2) is 6.51. The van der Waals surface area contributed by atoms with Crippen LogP contribution in [0.4, 0.5) is 0 Å². The van der Waals surface area contributed by atoms with E-state index in [9.17, 15) is 4.79 Å². The maximum Gasteiger partial charge on any atom is 0.310 e. The lowest BCUT2D eigenvalue weighted by Gasteiger charge is -2.12. The molecule has 0 aromatic heterocycles. The monoisotopic (exact) mass is 242 g/mol. The molecule has 0 fully saturated rings. The molecule has 3 nitrogen and oxygen atoms in total. The van der Waals surface area contributed by atoms with Crippen molar-refractivity contribution in [2.75, 3.05) is 13.7 Å². The standard InChI is InChI=1S/C12H15ClO3/c1-16-8-2-3-11(12(14)15)9-4-6-10(13)7-5-9/h4-7,11H,2-3,8H2,1H3,(H,14,15). The molecule has 1 N–H and O–H groups in total. The number of methoxy groups -OCH3 is 1. The predicted octanol–water partition coefficient (Wildman–Crippen LogP) is 2.93. The Morgan fingerprint density at radius 1 is 1.44 bits per heavy atom. The van der Waals surface area contributed by atoms with Crippen LogP contribution in [0, 0.1) is 0 Å². The zero-order valence-electron chi connectivity index (χ0n) is 9.15. The maximum absolute atomic E-state index is 11.1. The smallest absolute Gasteiger partial charge is 0.310 e. The summed E-state index contributed by atoms with van der Waals surface area (Å²) >= 11 is 5.76. The van der Waals surface area contributed by atoms with Crippen molar-refractivity contribution >= 4 is 17.6 Å². The number of hydrogen-bond acceptors (Lipinski definition) is 2. The highest BCUT2D eigenvalue weighted by molar-refractivity contribution is 6.30. The van der Waals surface area contributed by atoms with Crippen LogP contribution in [0.2, 0.25) is 5.02 Å². The Bertz CT molecular complexity index is 335. The van der Waals surface area contributed by atoms with Gasteiger partial charge in [0.05, 0.1) is 5.92 Å². The summed E-state index contributed by atoms with van der Waals surface area (Å²) in [4.78, 5) is 11.1. The molecule has 16 heavy (non-hydrogen) atoms. The molecular formula is C12H15ClO3. The first-order valence-corrected chi connectivity index (χ1v) is 5.50. The summed E-state index contributed by atoms with van der Waals surface area (Å²) in [5.74, 6) is -1.29. The largest absolute Gasteiger partial charge is 0.481 e. The van der Waals surface area contributed by atoms with Gasteiger partial charge in [-0.15, -0.1) is 0 Å². The molecule has 0 spiro atoms. The van der Waals surface area contributed by atoms with Gasteiger partial charge in [-0.2, -0.15) is 0 Å². The molecule has 0 aliphatic rings. The SMILES string of the molecule is COCCCC(C(=O)O)c1ccc(Cl)cc1. The molecule has 0 saturated heterocycles.